The van der Waals surface area contributed by atoms with Gasteiger partial charge in [0.05, 0.1) is 0 Å². The van der Waals surface area contributed by atoms with Gasteiger partial charge in [-0.05, 0) is 19.8 Å². The van der Waals surface area contributed by atoms with Crippen LogP contribution in [-0.4, -0.2) is 16.2 Å². The maximum Gasteiger partial charge on any atom is 0.315 e. The third-order valence-corrected chi connectivity index (χ3v) is 3.15. The zero-order valence-corrected chi connectivity index (χ0v) is 10.3. The predicted octanol–water partition coefficient (Wildman–Crippen LogP) is 3.50. The van der Waals surface area contributed by atoms with Crippen LogP contribution < -0.4 is 5.32 Å². The molecule has 1 aliphatic carbocycles. The molecule has 16 heavy (non-hydrogen) atoms. The highest BCUT2D eigenvalue weighted by Crippen LogP contribution is 2.23. The van der Waals surface area contributed by atoms with E-state index >= 15 is 0 Å². The fraction of sp³-hybridized carbons (Fsp3) is 0.818. The lowest BCUT2D eigenvalue weighted by Gasteiger charge is -2.13. The minimum absolute atomic E-state index is 0.225. The molecule has 0 spiro atoms. The molecule has 2 rings (SSSR count). The SMILES string of the molecule is CC(Cl)c1nnc(NC2CCCCCC2)o1. The van der Waals surface area contributed by atoms with Crippen LogP contribution in [0.4, 0.5) is 6.01 Å². The maximum absolute atomic E-state index is 5.86. The van der Waals surface area contributed by atoms with Crippen molar-refractivity contribution in [1.82, 2.24) is 10.2 Å². The third-order valence-electron chi connectivity index (χ3n) is 2.96. The van der Waals surface area contributed by atoms with E-state index in [9.17, 15) is 0 Å². The fourth-order valence-electron chi connectivity index (χ4n) is 2.05. The minimum atomic E-state index is -0.225. The summed E-state index contributed by atoms with van der Waals surface area (Å²) in [4.78, 5) is 0. The van der Waals surface area contributed by atoms with Gasteiger partial charge in [0.25, 0.3) is 0 Å². The first kappa shape index (κ1) is 11.7. The molecule has 1 heterocycles. The van der Waals surface area contributed by atoms with Crippen LogP contribution in [0.2, 0.25) is 0 Å². The van der Waals surface area contributed by atoms with Crippen LogP contribution in [0.5, 0.6) is 0 Å². The van der Waals surface area contributed by atoms with E-state index in [-0.39, 0.29) is 5.38 Å². The summed E-state index contributed by atoms with van der Waals surface area (Å²) in [6.07, 6.45) is 7.62. The van der Waals surface area contributed by atoms with E-state index in [1.807, 2.05) is 6.92 Å². The Bertz CT molecular complexity index is 319. The zero-order valence-electron chi connectivity index (χ0n) is 9.58. The number of nitrogens with zero attached hydrogens (tertiary/aromatic N) is 2. The topological polar surface area (TPSA) is 51.0 Å². The van der Waals surface area contributed by atoms with Crippen molar-refractivity contribution in [3.63, 3.8) is 0 Å². The molecule has 0 aromatic carbocycles. The van der Waals surface area contributed by atoms with Crippen molar-refractivity contribution >= 4 is 17.6 Å². The van der Waals surface area contributed by atoms with Crippen molar-refractivity contribution in [2.45, 2.75) is 56.9 Å². The number of aromatic nitrogens is 2. The lowest BCUT2D eigenvalue weighted by atomic mass is 10.1. The maximum atomic E-state index is 5.86. The monoisotopic (exact) mass is 243 g/mol. The number of halogens is 1. The molecule has 1 aromatic heterocycles. The highest BCUT2D eigenvalue weighted by molar-refractivity contribution is 6.20. The summed E-state index contributed by atoms with van der Waals surface area (Å²) in [5.41, 5.74) is 0. The van der Waals surface area contributed by atoms with Gasteiger partial charge in [-0.3, -0.25) is 0 Å². The van der Waals surface area contributed by atoms with Gasteiger partial charge in [0.1, 0.15) is 5.38 Å². The molecule has 0 bridgehead atoms. The first-order chi connectivity index (χ1) is 7.75. The molecule has 1 aliphatic rings. The number of nitrogens with one attached hydrogen (secondary N) is 1. The molecule has 0 saturated heterocycles. The largest absolute Gasteiger partial charge is 0.406 e. The van der Waals surface area contributed by atoms with Gasteiger partial charge in [-0.15, -0.1) is 16.7 Å². The van der Waals surface area contributed by atoms with Gasteiger partial charge in [0.15, 0.2) is 0 Å². The highest BCUT2D eigenvalue weighted by Gasteiger charge is 2.16. The Morgan fingerprint density at radius 2 is 1.94 bits per heavy atom. The molecule has 1 saturated carbocycles. The van der Waals surface area contributed by atoms with Gasteiger partial charge in [0, 0.05) is 6.04 Å². The van der Waals surface area contributed by atoms with Crippen molar-refractivity contribution in [1.29, 1.82) is 0 Å². The average molecular weight is 244 g/mol. The molecule has 1 unspecified atom stereocenters. The van der Waals surface area contributed by atoms with Gasteiger partial charge in [-0.2, -0.15) is 0 Å². The van der Waals surface area contributed by atoms with E-state index in [1.165, 1.54) is 38.5 Å². The Kier molecular flexibility index (Phi) is 4.04. The van der Waals surface area contributed by atoms with Crippen LogP contribution in [0.15, 0.2) is 4.42 Å². The van der Waals surface area contributed by atoms with Gasteiger partial charge in [0.2, 0.25) is 5.89 Å². The molecule has 4 nitrogen and oxygen atoms in total. The highest BCUT2D eigenvalue weighted by atomic mass is 35.5. The zero-order chi connectivity index (χ0) is 11.4. The Balaban J connectivity index is 1.91. The number of anilines is 1. The Hall–Kier alpha value is -0.770. The molecule has 0 aliphatic heterocycles. The first-order valence-corrected chi connectivity index (χ1v) is 6.43. The first-order valence-electron chi connectivity index (χ1n) is 5.99. The van der Waals surface area contributed by atoms with Crippen molar-refractivity contribution in [3.05, 3.63) is 5.89 Å². The summed E-state index contributed by atoms with van der Waals surface area (Å²) in [6, 6.07) is 0.982. The Morgan fingerprint density at radius 1 is 1.25 bits per heavy atom. The second-order valence-corrected chi connectivity index (χ2v) is 5.05. The summed E-state index contributed by atoms with van der Waals surface area (Å²) >= 11 is 5.86. The molecule has 5 heteroatoms. The molecule has 0 amide bonds. The van der Waals surface area contributed by atoms with Gasteiger partial charge in [-0.1, -0.05) is 30.8 Å². The third kappa shape index (κ3) is 3.11. The summed E-state index contributed by atoms with van der Waals surface area (Å²) in [5.74, 6) is 0.484. The molecular formula is C11H18ClN3O. The second-order valence-electron chi connectivity index (χ2n) is 4.39. The number of hydrogen-bond acceptors (Lipinski definition) is 4. The Morgan fingerprint density at radius 3 is 2.50 bits per heavy atom. The smallest absolute Gasteiger partial charge is 0.315 e. The number of hydrogen-bond donors (Lipinski definition) is 1. The molecule has 1 aromatic rings. The molecule has 1 atom stereocenters. The summed E-state index contributed by atoms with van der Waals surface area (Å²) < 4.78 is 5.42. The van der Waals surface area contributed by atoms with Crippen molar-refractivity contribution < 1.29 is 4.42 Å². The van der Waals surface area contributed by atoms with E-state index in [0.717, 1.165) is 0 Å². The van der Waals surface area contributed by atoms with E-state index in [0.29, 0.717) is 17.9 Å². The van der Waals surface area contributed by atoms with Gasteiger partial charge in [-0.25, -0.2) is 0 Å². The second kappa shape index (κ2) is 5.53. The molecule has 1 N–H and O–H groups in total. The fourth-order valence-corrected chi connectivity index (χ4v) is 2.14. The van der Waals surface area contributed by atoms with Crippen molar-refractivity contribution in [3.8, 4) is 0 Å². The summed E-state index contributed by atoms with van der Waals surface area (Å²) in [6.45, 7) is 1.82. The van der Waals surface area contributed by atoms with Crippen LogP contribution in [-0.2, 0) is 0 Å². The molecule has 0 radical (unpaired) electrons. The summed E-state index contributed by atoms with van der Waals surface area (Å²) in [5, 5.41) is 10.9. The van der Waals surface area contributed by atoms with Crippen LogP contribution in [0.1, 0.15) is 56.7 Å². The lowest BCUT2D eigenvalue weighted by molar-refractivity contribution is 0.491. The summed E-state index contributed by atoms with van der Waals surface area (Å²) in [7, 11) is 0. The average Bonchev–Trinajstić information content (AvgIpc) is 2.56. The van der Waals surface area contributed by atoms with Gasteiger partial charge < -0.3 is 9.73 Å². The van der Waals surface area contributed by atoms with Crippen molar-refractivity contribution in [2.24, 2.45) is 0 Å². The molecular weight excluding hydrogens is 226 g/mol. The predicted molar refractivity (Wildman–Crippen MR) is 63.7 cm³/mol. The number of alkyl halides is 1. The van der Waals surface area contributed by atoms with Crippen LogP contribution in [0.3, 0.4) is 0 Å². The van der Waals surface area contributed by atoms with E-state index < -0.39 is 0 Å². The van der Waals surface area contributed by atoms with Crippen molar-refractivity contribution in [2.75, 3.05) is 5.32 Å². The van der Waals surface area contributed by atoms with Crippen LogP contribution in [0, 0.1) is 0 Å². The van der Waals surface area contributed by atoms with E-state index in [4.69, 9.17) is 16.0 Å². The minimum Gasteiger partial charge on any atom is -0.406 e. The van der Waals surface area contributed by atoms with Crippen LogP contribution in [0.25, 0.3) is 0 Å². The molecule has 1 fully saturated rings. The normalized spacial score (nSPS) is 20.4. The quantitative estimate of drug-likeness (QED) is 0.652. The Labute approximate surface area is 101 Å². The molecule has 90 valence electrons. The standard InChI is InChI=1S/C11H18ClN3O/c1-8(12)10-14-15-11(16-10)13-9-6-4-2-3-5-7-9/h8-9H,2-7H2,1H3,(H,13,15). The lowest BCUT2D eigenvalue weighted by Crippen LogP contribution is -2.18. The van der Waals surface area contributed by atoms with Gasteiger partial charge >= 0.3 is 6.01 Å². The number of rotatable bonds is 3. The van der Waals surface area contributed by atoms with Crippen LogP contribution >= 0.6 is 11.6 Å². The van der Waals surface area contributed by atoms with E-state index in [2.05, 4.69) is 15.5 Å². The van der Waals surface area contributed by atoms with E-state index in [1.54, 1.807) is 0 Å².